The maximum atomic E-state index is 12.7. The number of carbonyl (C=O) groups is 2. The fraction of sp³-hybridized carbons (Fsp3) is 0.278. The zero-order valence-electron chi connectivity index (χ0n) is 14.6. The number of carbonyl (C=O) groups excluding carboxylic acids is 2. The van der Waals surface area contributed by atoms with Crippen LogP contribution in [0.2, 0.25) is 0 Å². The third kappa shape index (κ3) is 2.88. The maximum absolute atomic E-state index is 12.7. The van der Waals surface area contributed by atoms with Crippen LogP contribution in [-0.4, -0.2) is 33.0 Å². The molecule has 2 N–H and O–H groups in total. The smallest absolute Gasteiger partial charge is 0.355 e. The molecule has 1 aromatic carbocycles. The molecule has 0 spiro atoms. The number of H-pyrrole nitrogens is 1. The van der Waals surface area contributed by atoms with Gasteiger partial charge in [0.25, 0.3) is 5.91 Å². The van der Waals surface area contributed by atoms with Crippen molar-refractivity contribution in [3.63, 3.8) is 0 Å². The summed E-state index contributed by atoms with van der Waals surface area (Å²) in [5, 5.41) is 2.77. The zero-order valence-corrected chi connectivity index (χ0v) is 14.6. The van der Waals surface area contributed by atoms with Crippen LogP contribution in [0.3, 0.4) is 0 Å². The largest absolute Gasteiger partial charge is 0.461 e. The second-order valence-corrected chi connectivity index (χ2v) is 5.77. The summed E-state index contributed by atoms with van der Waals surface area (Å²) in [4.78, 5) is 32.3. The van der Waals surface area contributed by atoms with Gasteiger partial charge in [0.05, 0.1) is 23.2 Å². The predicted molar refractivity (Wildman–Crippen MR) is 94.9 cm³/mol. The van der Waals surface area contributed by atoms with Gasteiger partial charge in [-0.05, 0) is 38.5 Å². The standard InChI is InChI=1S/C18H20N4O3/c1-5-25-17(24)15-10(2)14(11(3)22(15)4)16(23)21-18-19-12-8-6-7-9-13(12)20-18/h6-9H,5H2,1-4H3,(H2,19,20,21,23). The van der Waals surface area contributed by atoms with E-state index < -0.39 is 5.97 Å². The Hall–Kier alpha value is -3.09. The molecule has 25 heavy (non-hydrogen) atoms. The molecule has 1 amide bonds. The van der Waals surface area contributed by atoms with E-state index in [2.05, 4.69) is 15.3 Å². The van der Waals surface area contributed by atoms with E-state index in [9.17, 15) is 9.59 Å². The molecule has 0 radical (unpaired) electrons. The maximum Gasteiger partial charge on any atom is 0.355 e. The molecule has 7 heteroatoms. The second-order valence-electron chi connectivity index (χ2n) is 5.77. The number of nitrogens with one attached hydrogen (secondary N) is 2. The van der Waals surface area contributed by atoms with E-state index in [4.69, 9.17) is 4.74 Å². The number of anilines is 1. The van der Waals surface area contributed by atoms with E-state index >= 15 is 0 Å². The topological polar surface area (TPSA) is 89.0 Å². The van der Waals surface area contributed by atoms with Gasteiger partial charge in [-0.25, -0.2) is 9.78 Å². The molecule has 0 aliphatic heterocycles. The second kappa shape index (κ2) is 6.43. The molecule has 0 fully saturated rings. The van der Waals surface area contributed by atoms with Crippen LogP contribution in [-0.2, 0) is 11.8 Å². The normalized spacial score (nSPS) is 10.9. The zero-order chi connectivity index (χ0) is 18.1. The fourth-order valence-corrected chi connectivity index (χ4v) is 2.98. The summed E-state index contributed by atoms with van der Waals surface area (Å²) < 4.78 is 6.77. The fourth-order valence-electron chi connectivity index (χ4n) is 2.98. The lowest BCUT2D eigenvalue weighted by atomic mass is 10.1. The van der Waals surface area contributed by atoms with E-state index in [0.29, 0.717) is 28.5 Å². The SMILES string of the molecule is CCOC(=O)c1c(C)c(C(=O)Nc2nc3ccccc3[nH]2)c(C)n1C. The van der Waals surface area contributed by atoms with Crippen LogP contribution in [0, 0.1) is 13.8 Å². The first-order valence-electron chi connectivity index (χ1n) is 8.03. The first kappa shape index (κ1) is 16.8. The van der Waals surface area contributed by atoms with Gasteiger partial charge in [0.2, 0.25) is 5.95 Å². The number of nitrogens with zero attached hydrogens (tertiary/aromatic N) is 2. The number of benzene rings is 1. The van der Waals surface area contributed by atoms with E-state index in [-0.39, 0.29) is 12.5 Å². The van der Waals surface area contributed by atoms with E-state index in [1.54, 1.807) is 32.4 Å². The Balaban J connectivity index is 1.94. The third-order valence-electron chi connectivity index (χ3n) is 4.25. The number of amides is 1. The Morgan fingerprint density at radius 1 is 1.28 bits per heavy atom. The van der Waals surface area contributed by atoms with Gasteiger partial charge in [0.15, 0.2) is 0 Å². The van der Waals surface area contributed by atoms with Crippen LogP contribution in [0.5, 0.6) is 0 Å². The number of hydrogen-bond acceptors (Lipinski definition) is 4. The molecule has 0 atom stereocenters. The van der Waals surface area contributed by atoms with Crippen molar-refractivity contribution in [1.82, 2.24) is 14.5 Å². The van der Waals surface area contributed by atoms with Crippen molar-refractivity contribution in [3.05, 3.63) is 46.8 Å². The molecular weight excluding hydrogens is 320 g/mol. The average Bonchev–Trinajstić information content (AvgIpc) is 3.06. The molecule has 0 bridgehead atoms. The molecule has 2 heterocycles. The third-order valence-corrected chi connectivity index (χ3v) is 4.25. The molecule has 0 saturated carbocycles. The lowest BCUT2D eigenvalue weighted by Gasteiger charge is -2.05. The lowest BCUT2D eigenvalue weighted by Crippen LogP contribution is -2.15. The number of fused-ring (bicyclic) bond motifs is 1. The Labute approximate surface area is 145 Å². The summed E-state index contributed by atoms with van der Waals surface area (Å²) in [5.41, 5.74) is 3.72. The van der Waals surface area contributed by atoms with Crippen LogP contribution in [0.1, 0.15) is 39.0 Å². The monoisotopic (exact) mass is 340 g/mol. The molecule has 2 aromatic heterocycles. The molecule has 0 saturated heterocycles. The van der Waals surface area contributed by atoms with Gasteiger partial charge in [0, 0.05) is 12.7 Å². The minimum absolute atomic E-state index is 0.281. The summed E-state index contributed by atoms with van der Waals surface area (Å²) in [5.74, 6) is -0.389. The highest BCUT2D eigenvalue weighted by atomic mass is 16.5. The summed E-state index contributed by atoms with van der Waals surface area (Å²) >= 11 is 0. The molecule has 3 aromatic rings. The first-order valence-corrected chi connectivity index (χ1v) is 8.03. The van der Waals surface area contributed by atoms with Crippen molar-refractivity contribution in [2.75, 3.05) is 11.9 Å². The van der Waals surface area contributed by atoms with Gasteiger partial charge in [-0.2, -0.15) is 0 Å². The molecule has 3 rings (SSSR count). The molecule has 0 aliphatic carbocycles. The highest BCUT2D eigenvalue weighted by Gasteiger charge is 2.26. The summed E-state index contributed by atoms with van der Waals surface area (Å²) in [6.07, 6.45) is 0. The molecule has 0 aliphatic rings. The van der Waals surface area contributed by atoms with Crippen molar-refractivity contribution in [1.29, 1.82) is 0 Å². The highest BCUT2D eigenvalue weighted by molar-refractivity contribution is 6.08. The highest BCUT2D eigenvalue weighted by Crippen LogP contribution is 2.23. The van der Waals surface area contributed by atoms with Gasteiger partial charge >= 0.3 is 5.97 Å². The minimum atomic E-state index is -0.437. The lowest BCUT2D eigenvalue weighted by molar-refractivity contribution is 0.0514. The van der Waals surface area contributed by atoms with Gasteiger partial charge in [-0.3, -0.25) is 10.1 Å². The van der Waals surface area contributed by atoms with Gasteiger partial charge in [-0.15, -0.1) is 0 Å². The van der Waals surface area contributed by atoms with Crippen molar-refractivity contribution in [2.45, 2.75) is 20.8 Å². The van der Waals surface area contributed by atoms with Crippen LogP contribution >= 0.6 is 0 Å². The number of aromatic nitrogens is 3. The van der Waals surface area contributed by atoms with E-state index in [0.717, 1.165) is 11.0 Å². The quantitative estimate of drug-likeness (QED) is 0.715. The van der Waals surface area contributed by atoms with Crippen molar-refractivity contribution in [3.8, 4) is 0 Å². The van der Waals surface area contributed by atoms with Gasteiger partial charge in [0.1, 0.15) is 5.69 Å². The van der Waals surface area contributed by atoms with Crippen LogP contribution in [0.25, 0.3) is 11.0 Å². The van der Waals surface area contributed by atoms with Crippen molar-refractivity contribution in [2.24, 2.45) is 7.05 Å². The first-order chi connectivity index (χ1) is 11.9. The predicted octanol–water partition coefficient (Wildman–Crippen LogP) is 2.95. The molecule has 130 valence electrons. The van der Waals surface area contributed by atoms with E-state index in [1.165, 1.54) is 0 Å². The number of ether oxygens (including phenoxy) is 1. The number of para-hydroxylation sites is 2. The number of rotatable bonds is 4. The van der Waals surface area contributed by atoms with Gasteiger partial charge < -0.3 is 14.3 Å². The molecular formula is C18H20N4O3. The Kier molecular flexibility index (Phi) is 4.31. The van der Waals surface area contributed by atoms with Crippen molar-refractivity contribution >= 4 is 28.9 Å². The molecule has 0 unspecified atom stereocenters. The number of hydrogen-bond donors (Lipinski definition) is 2. The Morgan fingerprint density at radius 3 is 2.68 bits per heavy atom. The van der Waals surface area contributed by atoms with Gasteiger partial charge in [-0.1, -0.05) is 12.1 Å². The number of esters is 1. The average molecular weight is 340 g/mol. The summed E-state index contributed by atoms with van der Waals surface area (Å²) in [7, 11) is 1.74. The van der Waals surface area contributed by atoms with Crippen molar-refractivity contribution < 1.29 is 14.3 Å². The minimum Gasteiger partial charge on any atom is -0.461 e. The van der Waals surface area contributed by atoms with Crippen LogP contribution in [0.4, 0.5) is 5.95 Å². The van der Waals surface area contributed by atoms with E-state index in [1.807, 2.05) is 24.3 Å². The Bertz CT molecular complexity index is 935. The summed E-state index contributed by atoms with van der Waals surface area (Å²) in [6, 6.07) is 7.52. The van der Waals surface area contributed by atoms with Crippen LogP contribution < -0.4 is 5.32 Å². The number of imidazole rings is 1. The summed E-state index contributed by atoms with van der Waals surface area (Å²) in [6.45, 7) is 5.57. The molecule has 7 nitrogen and oxygen atoms in total. The Morgan fingerprint density at radius 2 is 2.00 bits per heavy atom. The van der Waals surface area contributed by atoms with Crippen LogP contribution in [0.15, 0.2) is 24.3 Å². The number of aromatic amines is 1.